The Morgan fingerprint density at radius 3 is 2.44 bits per heavy atom. The molecule has 3 aromatic rings. The molecular weight excluding hydrogens is 348 g/mol. The summed E-state index contributed by atoms with van der Waals surface area (Å²) < 4.78 is 27.8. The smallest absolute Gasteiger partial charge is 0.279 e. The first-order chi connectivity index (χ1) is 12.0. The van der Waals surface area contributed by atoms with Crippen molar-refractivity contribution >= 4 is 29.4 Å². The van der Waals surface area contributed by atoms with E-state index in [4.69, 9.17) is 11.6 Å². The molecule has 2 aromatic carbocycles. The van der Waals surface area contributed by atoms with E-state index in [0.717, 1.165) is 11.1 Å². The molecule has 1 aromatic heterocycles. The summed E-state index contributed by atoms with van der Waals surface area (Å²) in [6, 6.07) is 14.1. The van der Waals surface area contributed by atoms with Crippen molar-refractivity contribution in [1.82, 2.24) is 9.78 Å². The van der Waals surface area contributed by atoms with Crippen molar-refractivity contribution in [2.75, 3.05) is 4.90 Å². The van der Waals surface area contributed by atoms with E-state index in [1.54, 1.807) is 36.4 Å². The molecule has 1 heterocycles. The van der Waals surface area contributed by atoms with Gasteiger partial charge in [-0.25, -0.2) is 8.78 Å². The maximum atomic E-state index is 13.3. The van der Waals surface area contributed by atoms with E-state index in [9.17, 15) is 13.6 Å². The highest BCUT2D eigenvalue weighted by molar-refractivity contribution is 6.30. The van der Waals surface area contributed by atoms with Gasteiger partial charge < -0.3 is 0 Å². The van der Waals surface area contributed by atoms with E-state index in [-0.39, 0.29) is 5.69 Å². The van der Waals surface area contributed by atoms with E-state index in [1.807, 2.05) is 12.1 Å². The average molecular weight is 362 g/mol. The van der Waals surface area contributed by atoms with E-state index >= 15 is 0 Å². The number of para-hydroxylation sites is 1. The Morgan fingerprint density at radius 2 is 1.80 bits per heavy atom. The molecule has 0 fully saturated rings. The molecule has 0 saturated carbocycles. The first kappa shape index (κ1) is 17.1. The Labute approximate surface area is 148 Å². The summed E-state index contributed by atoms with van der Waals surface area (Å²) in [5.41, 5.74) is 1.62. The van der Waals surface area contributed by atoms with Gasteiger partial charge in [0.2, 0.25) is 6.41 Å². The molecule has 0 unspecified atom stereocenters. The number of nitrogens with zero attached hydrogens (tertiary/aromatic N) is 3. The van der Waals surface area contributed by atoms with Crippen molar-refractivity contribution in [3.8, 4) is 11.1 Å². The number of aromatic nitrogens is 2. The molecule has 4 nitrogen and oxygen atoms in total. The van der Waals surface area contributed by atoms with Gasteiger partial charge >= 0.3 is 0 Å². The molecule has 25 heavy (non-hydrogen) atoms. The van der Waals surface area contributed by atoms with Gasteiger partial charge in [-0.15, -0.1) is 0 Å². The van der Waals surface area contributed by atoms with Gasteiger partial charge in [0.1, 0.15) is 0 Å². The largest absolute Gasteiger partial charge is 0.284 e. The molecule has 0 aliphatic heterocycles. The average Bonchev–Trinajstić information content (AvgIpc) is 2.99. The molecule has 0 aliphatic rings. The second-order valence-electron chi connectivity index (χ2n) is 5.37. The zero-order chi connectivity index (χ0) is 18.0. The second-order valence-corrected chi connectivity index (χ2v) is 5.81. The number of benzene rings is 2. The van der Waals surface area contributed by atoms with Gasteiger partial charge in [-0.05, 0) is 23.8 Å². The minimum Gasteiger partial charge on any atom is -0.279 e. The fourth-order valence-corrected chi connectivity index (χ4v) is 2.76. The maximum absolute atomic E-state index is 13.3. The first-order valence-electron chi connectivity index (χ1n) is 7.42. The summed E-state index contributed by atoms with van der Waals surface area (Å²) in [5, 5.41) is 4.35. The molecule has 0 N–H and O–H groups in total. The van der Waals surface area contributed by atoms with Crippen LogP contribution in [0.4, 0.5) is 20.2 Å². The monoisotopic (exact) mass is 361 g/mol. The highest BCUT2D eigenvalue weighted by Crippen LogP contribution is 2.37. The molecule has 0 aliphatic carbocycles. The summed E-state index contributed by atoms with van der Waals surface area (Å²) >= 11 is 5.92. The van der Waals surface area contributed by atoms with Crippen LogP contribution >= 0.6 is 11.6 Å². The molecule has 1 amide bonds. The molecule has 0 saturated heterocycles. The van der Waals surface area contributed by atoms with E-state index in [2.05, 4.69) is 5.10 Å². The molecule has 0 spiro atoms. The molecule has 7 heteroatoms. The van der Waals surface area contributed by atoms with Crippen LogP contribution in [0, 0.1) is 0 Å². The number of carbonyl (C=O) groups is 1. The number of hydrogen-bond acceptors (Lipinski definition) is 2. The van der Waals surface area contributed by atoms with Crippen LogP contribution < -0.4 is 4.90 Å². The van der Waals surface area contributed by atoms with Gasteiger partial charge in [-0.2, -0.15) is 5.10 Å². The predicted molar refractivity (Wildman–Crippen MR) is 93.3 cm³/mol. The summed E-state index contributed by atoms with van der Waals surface area (Å²) in [5.74, 6) is 0. The lowest BCUT2D eigenvalue weighted by molar-refractivity contribution is -0.106. The lowest BCUT2D eigenvalue weighted by Crippen LogP contribution is -2.16. The van der Waals surface area contributed by atoms with Crippen LogP contribution in [0.2, 0.25) is 5.02 Å². The third kappa shape index (κ3) is 3.39. The first-order valence-corrected chi connectivity index (χ1v) is 7.80. The zero-order valence-electron chi connectivity index (χ0n) is 13.2. The lowest BCUT2D eigenvalue weighted by Gasteiger charge is -2.20. The molecule has 0 radical (unpaired) electrons. The number of halogens is 3. The van der Waals surface area contributed by atoms with Crippen molar-refractivity contribution in [3.05, 3.63) is 65.4 Å². The van der Waals surface area contributed by atoms with Crippen molar-refractivity contribution in [2.45, 2.75) is 6.43 Å². The number of rotatable bonds is 5. The van der Waals surface area contributed by atoms with Gasteiger partial charge in [0, 0.05) is 23.8 Å². The van der Waals surface area contributed by atoms with Crippen molar-refractivity contribution in [1.29, 1.82) is 0 Å². The number of alkyl halides is 2. The Kier molecular flexibility index (Phi) is 4.81. The minimum absolute atomic E-state index is 0.0499. The van der Waals surface area contributed by atoms with Crippen molar-refractivity contribution < 1.29 is 13.6 Å². The second kappa shape index (κ2) is 7.03. The lowest BCUT2D eigenvalue weighted by atomic mass is 10.0. The summed E-state index contributed by atoms with van der Waals surface area (Å²) in [4.78, 5) is 12.9. The number of amides is 1. The highest BCUT2D eigenvalue weighted by Gasteiger charge is 2.24. The topological polar surface area (TPSA) is 38.1 Å². The van der Waals surface area contributed by atoms with E-state index in [0.29, 0.717) is 17.1 Å². The Hall–Kier alpha value is -2.73. The van der Waals surface area contributed by atoms with Crippen LogP contribution in [0.25, 0.3) is 11.1 Å². The van der Waals surface area contributed by atoms with Gasteiger partial charge in [0.25, 0.3) is 6.43 Å². The normalized spacial score (nSPS) is 10.9. The Bertz CT molecular complexity index is 894. The standard InChI is InChI=1S/C18H14ClF2N3O/c1-23-10-16(17(22-23)18(20)21)24(11-25)15-5-3-2-4-14(15)12-6-8-13(19)9-7-12/h2-11,18H,1H3. The predicted octanol–water partition coefficient (Wildman–Crippen LogP) is 4.97. The van der Waals surface area contributed by atoms with E-state index < -0.39 is 12.1 Å². The van der Waals surface area contributed by atoms with Crippen LogP contribution in [-0.4, -0.2) is 16.2 Å². The number of carbonyl (C=O) groups excluding carboxylic acids is 1. The molecule has 3 rings (SSSR count). The molecule has 0 bridgehead atoms. The Balaban J connectivity index is 2.15. The van der Waals surface area contributed by atoms with Crippen molar-refractivity contribution in [2.24, 2.45) is 7.05 Å². The quantitative estimate of drug-likeness (QED) is 0.601. The maximum Gasteiger partial charge on any atom is 0.284 e. The van der Waals surface area contributed by atoms with Crippen LogP contribution in [-0.2, 0) is 11.8 Å². The van der Waals surface area contributed by atoms with Crippen molar-refractivity contribution in [3.63, 3.8) is 0 Å². The van der Waals surface area contributed by atoms with Crippen LogP contribution in [0.3, 0.4) is 0 Å². The summed E-state index contributed by atoms with van der Waals surface area (Å²) in [6.07, 6.45) is -0.882. The molecule has 128 valence electrons. The SMILES string of the molecule is Cn1cc(N(C=O)c2ccccc2-c2ccc(Cl)cc2)c(C(F)F)n1. The fourth-order valence-electron chi connectivity index (χ4n) is 2.63. The summed E-state index contributed by atoms with van der Waals surface area (Å²) in [7, 11) is 1.53. The number of hydrogen-bond donors (Lipinski definition) is 0. The summed E-state index contributed by atoms with van der Waals surface area (Å²) in [6.45, 7) is 0. The van der Waals surface area contributed by atoms with Gasteiger partial charge in [0.05, 0.1) is 11.4 Å². The third-order valence-electron chi connectivity index (χ3n) is 3.73. The van der Waals surface area contributed by atoms with Gasteiger partial charge in [0.15, 0.2) is 5.69 Å². The molecule has 0 atom stereocenters. The van der Waals surface area contributed by atoms with Crippen LogP contribution in [0.1, 0.15) is 12.1 Å². The Morgan fingerprint density at radius 1 is 1.12 bits per heavy atom. The highest BCUT2D eigenvalue weighted by atomic mass is 35.5. The van der Waals surface area contributed by atoms with Gasteiger partial charge in [-0.1, -0.05) is 41.9 Å². The fraction of sp³-hybridized carbons (Fsp3) is 0.111. The minimum atomic E-state index is -2.79. The van der Waals surface area contributed by atoms with Gasteiger partial charge in [-0.3, -0.25) is 14.4 Å². The van der Waals surface area contributed by atoms with E-state index in [1.165, 1.54) is 22.8 Å². The molecular formula is C18H14ClF2N3O. The zero-order valence-corrected chi connectivity index (χ0v) is 14.0. The number of aryl methyl sites for hydroxylation is 1. The number of anilines is 2. The van der Waals surface area contributed by atoms with Crippen LogP contribution in [0.15, 0.2) is 54.7 Å². The third-order valence-corrected chi connectivity index (χ3v) is 3.98. The van der Waals surface area contributed by atoms with Crippen LogP contribution in [0.5, 0.6) is 0 Å².